The van der Waals surface area contributed by atoms with Gasteiger partial charge in [-0.2, -0.15) is 5.10 Å². The van der Waals surface area contributed by atoms with E-state index >= 15 is 0 Å². The van der Waals surface area contributed by atoms with Gasteiger partial charge in [0.25, 0.3) is 0 Å². The minimum absolute atomic E-state index is 0.309. The predicted molar refractivity (Wildman–Crippen MR) is 98.0 cm³/mol. The number of hydrogen-bond acceptors (Lipinski definition) is 4. The van der Waals surface area contributed by atoms with Gasteiger partial charge in [-0.3, -0.25) is 9.59 Å². The third-order valence-corrected chi connectivity index (χ3v) is 3.51. The van der Waals surface area contributed by atoms with Crippen LogP contribution in [0.25, 0.3) is 0 Å². The van der Waals surface area contributed by atoms with E-state index in [-0.39, 0.29) is 0 Å². The van der Waals surface area contributed by atoms with Crippen LogP contribution in [0.2, 0.25) is 5.02 Å². The summed E-state index contributed by atoms with van der Waals surface area (Å²) in [5.41, 5.74) is 3.67. The van der Waals surface area contributed by atoms with Crippen LogP contribution in [0.4, 0.5) is 5.69 Å². The molecule has 0 radical (unpaired) electrons. The Bertz CT molecular complexity index is 763. The Morgan fingerprint density at radius 3 is 2.64 bits per heavy atom. The molecule has 0 saturated carbocycles. The van der Waals surface area contributed by atoms with E-state index in [9.17, 15) is 9.59 Å². The molecule has 6 nitrogen and oxygen atoms in total. The molecule has 0 aliphatic heterocycles. The second-order valence-electron chi connectivity index (χ2n) is 5.08. The van der Waals surface area contributed by atoms with Crippen LogP contribution < -0.4 is 15.5 Å². The summed E-state index contributed by atoms with van der Waals surface area (Å²) in [6, 6.07) is 14.6. The molecule has 2 amide bonds. The van der Waals surface area contributed by atoms with Gasteiger partial charge in [0.05, 0.1) is 12.8 Å². The molecular weight excluding hydrogens is 342 g/mol. The summed E-state index contributed by atoms with van der Waals surface area (Å²) < 4.78 is 5.10. The van der Waals surface area contributed by atoms with Crippen molar-refractivity contribution in [1.29, 1.82) is 0 Å². The molecule has 0 unspecified atom stereocenters. The first kappa shape index (κ1) is 18.5. The Kier molecular flexibility index (Phi) is 6.98. The number of anilines is 1. The summed E-state index contributed by atoms with van der Waals surface area (Å²) in [5.74, 6) is -1.34. The number of rotatable bonds is 6. The van der Waals surface area contributed by atoms with Gasteiger partial charge in [0.15, 0.2) is 0 Å². The highest BCUT2D eigenvalue weighted by molar-refractivity contribution is 6.40. The van der Waals surface area contributed by atoms with Crippen LogP contribution in [-0.4, -0.2) is 25.1 Å². The number of benzene rings is 2. The highest BCUT2D eigenvalue weighted by Crippen LogP contribution is 2.27. The highest BCUT2D eigenvalue weighted by Gasteiger charge is 2.15. The first-order valence-electron chi connectivity index (χ1n) is 7.60. The topological polar surface area (TPSA) is 79.8 Å². The van der Waals surface area contributed by atoms with E-state index in [1.165, 1.54) is 18.7 Å². The van der Waals surface area contributed by atoms with Crippen molar-refractivity contribution < 1.29 is 14.3 Å². The molecule has 2 aromatic rings. The number of halogens is 1. The van der Waals surface area contributed by atoms with Crippen molar-refractivity contribution in [3.05, 3.63) is 59.1 Å². The van der Waals surface area contributed by atoms with Gasteiger partial charge in [-0.05, 0) is 36.6 Å². The SMILES string of the molecule is COc1ccc(Cl)cc1NC(=O)C(=O)N/N=C/CCc1ccccc1. The molecule has 0 aliphatic rings. The van der Waals surface area contributed by atoms with Gasteiger partial charge < -0.3 is 10.1 Å². The van der Waals surface area contributed by atoms with Crippen LogP contribution in [0, 0.1) is 0 Å². The predicted octanol–water partition coefficient (Wildman–Crippen LogP) is 3.02. The second kappa shape index (κ2) is 9.44. The second-order valence-corrected chi connectivity index (χ2v) is 5.51. The monoisotopic (exact) mass is 359 g/mol. The van der Waals surface area contributed by atoms with Gasteiger partial charge in [0.2, 0.25) is 0 Å². The van der Waals surface area contributed by atoms with E-state index in [4.69, 9.17) is 16.3 Å². The quantitative estimate of drug-likeness (QED) is 0.472. The molecule has 0 aliphatic carbocycles. The van der Waals surface area contributed by atoms with Gasteiger partial charge in [-0.15, -0.1) is 0 Å². The zero-order valence-electron chi connectivity index (χ0n) is 13.7. The van der Waals surface area contributed by atoms with Gasteiger partial charge in [0, 0.05) is 11.2 Å². The summed E-state index contributed by atoms with van der Waals surface area (Å²) in [5, 5.41) is 6.61. The summed E-state index contributed by atoms with van der Waals surface area (Å²) in [4.78, 5) is 23.6. The minimum Gasteiger partial charge on any atom is -0.495 e. The van der Waals surface area contributed by atoms with Crippen LogP contribution >= 0.6 is 11.6 Å². The number of amides is 2. The zero-order chi connectivity index (χ0) is 18.1. The molecule has 7 heteroatoms. The summed E-state index contributed by atoms with van der Waals surface area (Å²) in [6.45, 7) is 0. The average molecular weight is 360 g/mol. The number of nitrogens with one attached hydrogen (secondary N) is 2. The fourth-order valence-corrected chi connectivity index (χ4v) is 2.22. The summed E-state index contributed by atoms with van der Waals surface area (Å²) in [7, 11) is 1.45. The molecule has 0 saturated heterocycles. The Morgan fingerprint density at radius 1 is 1.16 bits per heavy atom. The van der Waals surface area contributed by atoms with Gasteiger partial charge in [0.1, 0.15) is 5.75 Å². The Balaban J connectivity index is 1.81. The van der Waals surface area contributed by atoms with Crippen LogP contribution in [0.3, 0.4) is 0 Å². The van der Waals surface area contributed by atoms with Gasteiger partial charge in [-0.25, -0.2) is 5.43 Å². The molecular formula is C18H18ClN3O3. The fourth-order valence-electron chi connectivity index (χ4n) is 2.05. The van der Waals surface area contributed by atoms with Crippen molar-refractivity contribution in [2.75, 3.05) is 12.4 Å². The molecule has 0 fully saturated rings. The van der Waals surface area contributed by atoms with Crippen molar-refractivity contribution in [3.8, 4) is 5.75 Å². The van der Waals surface area contributed by atoms with Crippen LogP contribution in [-0.2, 0) is 16.0 Å². The standard InChI is InChI=1S/C18H18ClN3O3/c1-25-16-10-9-14(19)12-15(16)21-17(23)18(24)22-20-11-5-8-13-6-3-2-4-7-13/h2-4,6-7,9-12H,5,8H2,1H3,(H,21,23)(H,22,24)/b20-11+. The number of nitrogens with zero attached hydrogens (tertiary/aromatic N) is 1. The molecule has 25 heavy (non-hydrogen) atoms. The van der Waals surface area contributed by atoms with E-state index in [0.29, 0.717) is 22.9 Å². The Morgan fingerprint density at radius 2 is 1.92 bits per heavy atom. The lowest BCUT2D eigenvalue weighted by Crippen LogP contribution is -2.32. The van der Waals surface area contributed by atoms with E-state index in [1.807, 2.05) is 30.3 Å². The van der Waals surface area contributed by atoms with Crippen molar-refractivity contribution in [1.82, 2.24) is 5.43 Å². The maximum Gasteiger partial charge on any atom is 0.329 e. The zero-order valence-corrected chi connectivity index (χ0v) is 14.4. The lowest BCUT2D eigenvalue weighted by molar-refractivity contribution is -0.136. The Hall–Kier alpha value is -2.86. The smallest absolute Gasteiger partial charge is 0.329 e. The highest BCUT2D eigenvalue weighted by atomic mass is 35.5. The van der Waals surface area contributed by atoms with Crippen LogP contribution in [0.5, 0.6) is 5.75 Å². The lowest BCUT2D eigenvalue weighted by Gasteiger charge is -2.09. The number of hydrazone groups is 1. The maximum absolute atomic E-state index is 11.9. The number of carbonyl (C=O) groups excluding carboxylic acids is 2. The number of carbonyl (C=O) groups is 2. The Labute approximate surface area is 150 Å². The molecule has 0 spiro atoms. The van der Waals surface area contributed by atoms with E-state index in [2.05, 4.69) is 15.8 Å². The normalized spacial score (nSPS) is 10.5. The fraction of sp³-hybridized carbons (Fsp3) is 0.167. The van der Waals surface area contributed by atoms with Crippen LogP contribution in [0.1, 0.15) is 12.0 Å². The van der Waals surface area contributed by atoms with Gasteiger partial charge in [-0.1, -0.05) is 41.9 Å². The largest absolute Gasteiger partial charge is 0.495 e. The van der Waals surface area contributed by atoms with Crippen molar-refractivity contribution in [3.63, 3.8) is 0 Å². The van der Waals surface area contributed by atoms with Gasteiger partial charge >= 0.3 is 11.8 Å². The van der Waals surface area contributed by atoms with E-state index in [1.54, 1.807) is 18.3 Å². The number of methoxy groups -OCH3 is 1. The van der Waals surface area contributed by atoms with E-state index in [0.717, 1.165) is 6.42 Å². The molecule has 2 N–H and O–H groups in total. The molecule has 2 aromatic carbocycles. The number of aryl methyl sites for hydroxylation is 1. The molecule has 0 aromatic heterocycles. The molecule has 0 heterocycles. The third kappa shape index (κ3) is 5.93. The first-order chi connectivity index (χ1) is 12.1. The summed E-state index contributed by atoms with van der Waals surface area (Å²) in [6.07, 6.45) is 3.00. The number of hydrogen-bond donors (Lipinski definition) is 2. The van der Waals surface area contributed by atoms with Crippen molar-refractivity contribution in [2.45, 2.75) is 12.8 Å². The number of ether oxygens (including phenoxy) is 1. The van der Waals surface area contributed by atoms with Crippen LogP contribution in [0.15, 0.2) is 53.6 Å². The third-order valence-electron chi connectivity index (χ3n) is 3.28. The first-order valence-corrected chi connectivity index (χ1v) is 7.98. The van der Waals surface area contributed by atoms with E-state index < -0.39 is 11.8 Å². The maximum atomic E-state index is 11.9. The lowest BCUT2D eigenvalue weighted by atomic mass is 10.1. The molecule has 0 bridgehead atoms. The summed E-state index contributed by atoms with van der Waals surface area (Å²) >= 11 is 5.87. The average Bonchev–Trinajstić information content (AvgIpc) is 2.62. The minimum atomic E-state index is -0.877. The molecule has 130 valence electrons. The van der Waals surface area contributed by atoms with Crippen molar-refractivity contribution >= 4 is 35.3 Å². The molecule has 2 rings (SSSR count). The molecule has 0 atom stereocenters. The van der Waals surface area contributed by atoms with Crippen molar-refractivity contribution in [2.24, 2.45) is 5.10 Å².